The topological polar surface area (TPSA) is 105 Å². The molecule has 0 atom stereocenters. The van der Waals surface area contributed by atoms with Crippen molar-refractivity contribution in [1.29, 1.82) is 0 Å². The van der Waals surface area contributed by atoms with E-state index in [2.05, 4.69) is 16.6 Å². The summed E-state index contributed by atoms with van der Waals surface area (Å²) in [6.07, 6.45) is 3.36. The summed E-state index contributed by atoms with van der Waals surface area (Å²) in [6.45, 7) is 2.06. The van der Waals surface area contributed by atoms with Gasteiger partial charge in [-0.2, -0.15) is 0 Å². The molecule has 0 saturated heterocycles. The van der Waals surface area contributed by atoms with E-state index in [9.17, 15) is 20.2 Å². The van der Waals surface area contributed by atoms with Crippen LogP contribution in [0.4, 0.5) is 0 Å². The van der Waals surface area contributed by atoms with Crippen molar-refractivity contribution in [2.24, 2.45) is 0 Å². The van der Waals surface area contributed by atoms with Gasteiger partial charge in [-0.3, -0.25) is 9.68 Å². The lowest BCUT2D eigenvalue weighted by Crippen LogP contribution is -2.23. The first-order valence-corrected chi connectivity index (χ1v) is 5.18. The van der Waals surface area contributed by atoms with Gasteiger partial charge in [-0.05, 0) is 12.8 Å². The van der Waals surface area contributed by atoms with Crippen LogP contribution in [-0.2, 0) is 9.68 Å². The molecule has 0 amide bonds. The third-order valence-corrected chi connectivity index (χ3v) is 1.95. The molecule has 0 aromatic carbocycles. The van der Waals surface area contributed by atoms with Crippen molar-refractivity contribution in [2.45, 2.75) is 51.7 Å². The van der Waals surface area contributed by atoms with Gasteiger partial charge in [-0.15, -0.1) is 20.2 Å². The van der Waals surface area contributed by atoms with Crippen molar-refractivity contribution in [1.82, 2.24) is 0 Å². The van der Waals surface area contributed by atoms with Crippen LogP contribution in [0.2, 0.25) is 0 Å². The van der Waals surface area contributed by atoms with Gasteiger partial charge in [0.25, 0.3) is 16.5 Å². The van der Waals surface area contributed by atoms with E-state index >= 15 is 0 Å². The number of nitrogens with zero attached hydrogens (tertiary/aromatic N) is 2. The number of hydrogen-bond donors (Lipinski definition) is 0. The zero-order chi connectivity index (χ0) is 12.4. The van der Waals surface area contributed by atoms with Gasteiger partial charge in [0.15, 0.2) is 0 Å². The molecule has 0 unspecified atom stereocenters. The fourth-order valence-electron chi connectivity index (χ4n) is 1.23. The monoisotopic (exact) mass is 236 g/mol. The molecule has 16 heavy (non-hydrogen) atoms. The second-order valence-corrected chi connectivity index (χ2v) is 3.29. The van der Waals surface area contributed by atoms with Crippen molar-refractivity contribution >= 4 is 0 Å². The van der Waals surface area contributed by atoms with Crippen LogP contribution >= 0.6 is 0 Å². The highest BCUT2D eigenvalue weighted by molar-refractivity contribution is 4.45. The Labute approximate surface area is 92.7 Å². The van der Waals surface area contributed by atoms with Crippen molar-refractivity contribution < 1.29 is 19.8 Å². The summed E-state index contributed by atoms with van der Waals surface area (Å²) in [5.41, 5.74) is 0. The minimum atomic E-state index is -1.41. The summed E-state index contributed by atoms with van der Waals surface area (Å²) < 4.78 is 0. The Morgan fingerprint density at radius 3 is 1.94 bits per heavy atom. The molecule has 0 aliphatic heterocycles. The van der Waals surface area contributed by atoms with E-state index in [1.165, 1.54) is 0 Å². The maximum Gasteiger partial charge on any atom is 0.296 e. The lowest BCUT2D eigenvalue weighted by Gasteiger charge is -2.11. The van der Waals surface area contributed by atoms with Crippen LogP contribution < -0.4 is 0 Å². The van der Waals surface area contributed by atoms with Gasteiger partial charge in [0, 0.05) is 0 Å². The van der Waals surface area contributed by atoms with E-state index in [1.54, 1.807) is 0 Å². The Bertz CT molecular complexity index is 207. The Balaban J connectivity index is 3.73. The van der Waals surface area contributed by atoms with Gasteiger partial charge in [-0.25, -0.2) is 0 Å². The van der Waals surface area contributed by atoms with Crippen molar-refractivity contribution in [2.75, 3.05) is 0 Å². The minimum absolute atomic E-state index is 0.145. The Morgan fingerprint density at radius 2 is 1.50 bits per heavy atom. The summed E-state index contributed by atoms with van der Waals surface area (Å²) in [7, 11) is 0. The Hall–Kier alpha value is -1.60. The molecule has 0 aromatic heterocycles. The highest BCUT2D eigenvalue weighted by Crippen LogP contribution is 2.10. The zero-order valence-electron chi connectivity index (χ0n) is 9.16. The van der Waals surface area contributed by atoms with Crippen LogP contribution in [0.1, 0.15) is 45.4 Å². The van der Waals surface area contributed by atoms with E-state index in [0.29, 0.717) is 6.42 Å². The van der Waals surface area contributed by atoms with Crippen LogP contribution in [0.25, 0.3) is 0 Å². The van der Waals surface area contributed by atoms with Gasteiger partial charge in [0.05, 0.1) is 0 Å². The van der Waals surface area contributed by atoms with Crippen molar-refractivity contribution in [3.05, 3.63) is 20.2 Å². The van der Waals surface area contributed by atoms with Gasteiger partial charge in [-0.1, -0.05) is 32.6 Å². The molecule has 94 valence electrons. The Kier molecular flexibility index (Phi) is 7.82. The molecule has 0 aromatic rings. The number of rotatable bonds is 10. The average Bonchev–Trinajstić information content (AvgIpc) is 2.15. The molecule has 0 heterocycles. The van der Waals surface area contributed by atoms with Gasteiger partial charge >= 0.3 is 0 Å². The molecule has 0 N–H and O–H groups in total. The van der Waals surface area contributed by atoms with Crippen LogP contribution in [0.5, 0.6) is 0 Å². The molecule has 8 heteroatoms. The van der Waals surface area contributed by atoms with E-state index in [4.69, 9.17) is 0 Å². The van der Waals surface area contributed by atoms with Gasteiger partial charge in [0.1, 0.15) is 0 Å². The maximum atomic E-state index is 10.0. The average molecular weight is 236 g/mol. The molecule has 0 spiro atoms. The van der Waals surface area contributed by atoms with Crippen molar-refractivity contribution in [3.8, 4) is 0 Å². The van der Waals surface area contributed by atoms with Gasteiger partial charge in [0.2, 0.25) is 0 Å². The highest BCUT2D eigenvalue weighted by Gasteiger charge is 2.16. The molecule has 0 saturated carbocycles. The summed E-state index contributed by atoms with van der Waals surface area (Å²) in [5.74, 6) is 0. The van der Waals surface area contributed by atoms with Crippen LogP contribution in [0.3, 0.4) is 0 Å². The smallest absolute Gasteiger partial charge is 0.283 e. The molecule has 8 nitrogen and oxygen atoms in total. The fourth-order valence-corrected chi connectivity index (χ4v) is 1.23. The zero-order valence-corrected chi connectivity index (χ0v) is 9.16. The normalized spacial score (nSPS) is 10.1. The highest BCUT2D eigenvalue weighted by atomic mass is 17.0. The van der Waals surface area contributed by atoms with Crippen LogP contribution in [0.15, 0.2) is 0 Å². The standard InChI is InChI=1S/C8H16N2O6/c1-2-3-4-5-6-7-8(15-9(11)12)16-10(13)14/h8H,2-7H2,1H3. The molecule has 0 aliphatic rings. The summed E-state index contributed by atoms with van der Waals surface area (Å²) in [4.78, 5) is 28.1. The molecule has 0 bridgehead atoms. The lowest BCUT2D eigenvalue weighted by molar-refractivity contribution is -0.851. The molecule has 0 rings (SSSR count). The number of unbranched alkanes of at least 4 members (excludes halogenated alkanes) is 4. The predicted octanol–water partition coefficient (Wildman–Crippen LogP) is 2.09. The fraction of sp³-hybridized carbons (Fsp3) is 1.00. The quantitative estimate of drug-likeness (QED) is 0.249. The molecule has 0 aliphatic carbocycles. The largest absolute Gasteiger partial charge is 0.296 e. The number of hydrogen-bond acceptors (Lipinski definition) is 6. The predicted molar refractivity (Wildman–Crippen MR) is 53.3 cm³/mol. The molecule has 0 radical (unpaired) electrons. The third kappa shape index (κ3) is 8.97. The molecular formula is C8H16N2O6. The molecular weight excluding hydrogens is 220 g/mol. The molecule has 0 fully saturated rings. The first-order chi connectivity index (χ1) is 7.56. The second kappa shape index (κ2) is 8.69. The Morgan fingerprint density at radius 1 is 1.00 bits per heavy atom. The van der Waals surface area contributed by atoms with Crippen LogP contribution in [-0.4, -0.2) is 16.5 Å². The van der Waals surface area contributed by atoms with E-state index in [1.807, 2.05) is 0 Å². The minimum Gasteiger partial charge on any atom is -0.283 e. The maximum absolute atomic E-state index is 10.0. The third-order valence-electron chi connectivity index (χ3n) is 1.95. The van der Waals surface area contributed by atoms with E-state index in [0.717, 1.165) is 25.7 Å². The summed E-state index contributed by atoms with van der Waals surface area (Å²) in [6, 6.07) is 0. The first kappa shape index (κ1) is 14.4. The van der Waals surface area contributed by atoms with E-state index in [-0.39, 0.29) is 6.42 Å². The first-order valence-electron chi connectivity index (χ1n) is 5.18. The van der Waals surface area contributed by atoms with E-state index < -0.39 is 16.5 Å². The van der Waals surface area contributed by atoms with Crippen molar-refractivity contribution in [3.63, 3.8) is 0 Å². The second-order valence-electron chi connectivity index (χ2n) is 3.29. The summed E-state index contributed by atoms with van der Waals surface area (Å²) in [5, 5.41) is 17.8. The SMILES string of the molecule is CCCCCCCC(O[N+](=O)[O-])O[N+](=O)[O-]. The van der Waals surface area contributed by atoms with Gasteiger partial charge < -0.3 is 0 Å². The summed E-state index contributed by atoms with van der Waals surface area (Å²) >= 11 is 0. The lowest BCUT2D eigenvalue weighted by atomic mass is 10.1. The van der Waals surface area contributed by atoms with Crippen LogP contribution in [0, 0.1) is 20.2 Å².